The first-order chi connectivity index (χ1) is 8.43. The maximum atomic E-state index is 11.5. The fourth-order valence-electron chi connectivity index (χ4n) is 3.00. The molecular weight excluding hydrogens is 226 g/mol. The van der Waals surface area contributed by atoms with Gasteiger partial charge < -0.3 is 5.11 Å². The lowest BCUT2D eigenvalue weighted by Crippen LogP contribution is -2.50. The second-order valence-corrected chi connectivity index (χ2v) is 6.39. The topological polar surface area (TPSA) is 40.5 Å². The predicted octanol–water partition coefficient (Wildman–Crippen LogP) is 3.39. The van der Waals surface area contributed by atoms with Gasteiger partial charge in [-0.3, -0.25) is 9.69 Å². The van der Waals surface area contributed by atoms with Gasteiger partial charge in [-0.15, -0.1) is 0 Å². The molecule has 0 heterocycles. The quantitative estimate of drug-likeness (QED) is 0.758. The molecule has 1 N–H and O–H groups in total. The summed E-state index contributed by atoms with van der Waals surface area (Å²) in [6.07, 6.45) is 5.96. The van der Waals surface area contributed by atoms with Crippen molar-refractivity contribution in [2.24, 2.45) is 11.8 Å². The summed E-state index contributed by atoms with van der Waals surface area (Å²) in [5, 5.41) is 9.50. The van der Waals surface area contributed by atoms with Crippen molar-refractivity contribution in [1.82, 2.24) is 4.90 Å². The molecule has 0 saturated heterocycles. The van der Waals surface area contributed by atoms with E-state index in [4.69, 9.17) is 0 Å². The molecule has 3 nitrogen and oxygen atoms in total. The number of aliphatic carboxylic acids is 1. The van der Waals surface area contributed by atoms with Crippen molar-refractivity contribution in [3.63, 3.8) is 0 Å². The number of carboxylic acid groups (broad SMARTS) is 1. The van der Waals surface area contributed by atoms with Crippen LogP contribution in [0.4, 0.5) is 0 Å². The van der Waals surface area contributed by atoms with E-state index in [1.54, 1.807) is 0 Å². The third-order valence-electron chi connectivity index (χ3n) is 4.00. The monoisotopic (exact) mass is 255 g/mol. The lowest BCUT2D eigenvalue weighted by atomic mass is 9.98. The second kappa shape index (κ2) is 7.13. The molecule has 106 valence electrons. The minimum Gasteiger partial charge on any atom is -0.480 e. The van der Waals surface area contributed by atoms with Crippen LogP contribution in [0.25, 0.3) is 0 Å². The zero-order valence-corrected chi connectivity index (χ0v) is 12.4. The van der Waals surface area contributed by atoms with E-state index in [1.165, 1.54) is 25.7 Å². The molecule has 0 amide bonds. The Hall–Kier alpha value is -0.570. The first-order valence-electron chi connectivity index (χ1n) is 7.42. The van der Waals surface area contributed by atoms with Crippen molar-refractivity contribution < 1.29 is 9.90 Å². The fourth-order valence-corrected chi connectivity index (χ4v) is 3.00. The van der Waals surface area contributed by atoms with Crippen LogP contribution in [0.2, 0.25) is 0 Å². The predicted molar refractivity (Wildman–Crippen MR) is 74.7 cm³/mol. The number of hydrogen-bond donors (Lipinski definition) is 1. The van der Waals surface area contributed by atoms with Gasteiger partial charge in [0.2, 0.25) is 0 Å². The Morgan fingerprint density at radius 1 is 1.22 bits per heavy atom. The van der Waals surface area contributed by atoms with E-state index in [9.17, 15) is 9.90 Å². The molecule has 1 rings (SSSR count). The Labute approximate surface area is 112 Å². The van der Waals surface area contributed by atoms with Gasteiger partial charge in [0.1, 0.15) is 6.04 Å². The van der Waals surface area contributed by atoms with Gasteiger partial charge in [-0.05, 0) is 37.6 Å². The molecule has 1 atom stereocenters. The largest absolute Gasteiger partial charge is 0.480 e. The minimum absolute atomic E-state index is 0.176. The van der Waals surface area contributed by atoms with E-state index < -0.39 is 5.97 Å². The highest BCUT2D eigenvalue weighted by atomic mass is 16.4. The summed E-state index contributed by atoms with van der Waals surface area (Å²) in [6.45, 7) is 9.39. The van der Waals surface area contributed by atoms with Gasteiger partial charge >= 0.3 is 5.97 Å². The van der Waals surface area contributed by atoms with Crippen molar-refractivity contribution >= 4 is 5.97 Å². The van der Waals surface area contributed by atoms with Crippen LogP contribution in [0.1, 0.15) is 59.8 Å². The Morgan fingerprint density at radius 3 is 2.17 bits per heavy atom. The summed E-state index contributed by atoms with van der Waals surface area (Å²) in [6, 6.07) is 0.180. The van der Waals surface area contributed by atoms with Gasteiger partial charge in [-0.25, -0.2) is 0 Å². The van der Waals surface area contributed by atoms with Gasteiger partial charge in [0.25, 0.3) is 0 Å². The maximum absolute atomic E-state index is 11.5. The summed E-state index contributed by atoms with van der Waals surface area (Å²) < 4.78 is 0. The summed E-state index contributed by atoms with van der Waals surface area (Å²) in [5.74, 6) is 0.159. The van der Waals surface area contributed by atoms with Crippen LogP contribution in [0.3, 0.4) is 0 Å². The van der Waals surface area contributed by atoms with Gasteiger partial charge in [0.15, 0.2) is 0 Å². The molecule has 1 fully saturated rings. The second-order valence-electron chi connectivity index (χ2n) is 6.39. The van der Waals surface area contributed by atoms with Crippen molar-refractivity contribution in [2.75, 3.05) is 6.54 Å². The highest BCUT2D eigenvalue weighted by Crippen LogP contribution is 2.28. The Balaban J connectivity index is 2.75. The lowest BCUT2D eigenvalue weighted by Gasteiger charge is -2.36. The van der Waals surface area contributed by atoms with Crippen LogP contribution in [0.5, 0.6) is 0 Å². The van der Waals surface area contributed by atoms with E-state index in [0.29, 0.717) is 12.0 Å². The van der Waals surface area contributed by atoms with E-state index in [2.05, 4.69) is 18.7 Å². The SMILES string of the molecule is CC(C)CCN(C1CCCC1)C(C(=O)O)C(C)C. The molecule has 18 heavy (non-hydrogen) atoms. The smallest absolute Gasteiger partial charge is 0.321 e. The number of hydrogen-bond acceptors (Lipinski definition) is 2. The van der Waals surface area contributed by atoms with Gasteiger partial charge in [0.05, 0.1) is 0 Å². The highest BCUT2D eigenvalue weighted by Gasteiger charge is 2.34. The summed E-state index contributed by atoms with van der Waals surface area (Å²) >= 11 is 0. The third kappa shape index (κ3) is 4.27. The molecule has 0 aliphatic heterocycles. The Kier molecular flexibility index (Phi) is 6.13. The van der Waals surface area contributed by atoms with Crippen molar-refractivity contribution in [1.29, 1.82) is 0 Å². The number of carboxylic acids is 1. The first-order valence-corrected chi connectivity index (χ1v) is 7.42. The van der Waals surface area contributed by atoms with Crippen molar-refractivity contribution in [3.8, 4) is 0 Å². The van der Waals surface area contributed by atoms with E-state index in [1.807, 2.05) is 13.8 Å². The van der Waals surface area contributed by atoms with E-state index >= 15 is 0 Å². The van der Waals surface area contributed by atoms with E-state index in [0.717, 1.165) is 13.0 Å². The van der Waals surface area contributed by atoms with Crippen molar-refractivity contribution in [3.05, 3.63) is 0 Å². The van der Waals surface area contributed by atoms with Crippen LogP contribution >= 0.6 is 0 Å². The summed E-state index contributed by atoms with van der Waals surface area (Å²) in [5.41, 5.74) is 0. The molecule has 1 unspecified atom stereocenters. The van der Waals surface area contributed by atoms with Crippen molar-refractivity contribution in [2.45, 2.75) is 71.9 Å². The van der Waals surface area contributed by atoms with E-state index in [-0.39, 0.29) is 12.0 Å². The molecule has 0 radical (unpaired) electrons. The molecule has 0 aromatic heterocycles. The Morgan fingerprint density at radius 2 is 1.78 bits per heavy atom. The zero-order chi connectivity index (χ0) is 13.7. The van der Waals surface area contributed by atoms with Gasteiger partial charge in [-0.1, -0.05) is 40.5 Å². The number of nitrogens with zero attached hydrogens (tertiary/aromatic N) is 1. The van der Waals surface area contributed by atoms with Gasteiger partial charge in [0, 0.05) is 6.04 Å². The standard InChI is InChI=1S/C15H29NO2/c1-11(2)9-10-16(13-7-5-6-8-13)14(12(3)4)15(17)18/h11-14H,5-10H2,1-4H3,(H,17,18). The third-order valence-corrected chi connectivity index (χ3v) is 4.00. The molecule has 0 spiro atoms. The summed E-state index contributed by atoms with van der Waals surface area (Å²) in [4.78, 5) is 13.8. The summed E-state index contributed by atoms with van der Waals surface area (Å²) in [7, 11) is 0. The van der Waals surface area contributed by atoms with Crippen LogP contribution in [-0.4, -0.2) is 34.6 Å². The lowest BCUT2D eigenvalue weighted by molar-refractivity contribution is -0.146. The van der Waals surface area contributed by atoms with Crippen LogP contribution in [0.15, 0.2) is 0 Å². The van der Waals surface area contributed by atoms with Crippen LogP contribution < -0.4 is 0 Å². The highest BCUT2D eigenvalue weighted by molar-refractivity contribution is 5.73. The van der Waals surface area contributed by atoms with Crippen LogP contribution in [-0.2, 0) is 4.79 Å². The minimum atomic E-state index is -0.652. The van der Waals surface area contributed by atoms with Crippen LogP contribution in [0, 0.1) is 11.8 Å². The molecule has 3 heteroatoms. The fraction of sp³-hybridized carbons (Fsp3) is 0.933. The average Bonchev–Trinajstić information content (AvgIpc) is 2.75. The molecular formula is C15H29NO2. The molecule has 1 aliphatic rings. The molecule has 0 aromatic rings. The number of carbonyl (C=O) groups is 1. The number of rotatable bonds is 7. The molecule has 1 aliphatic carbocycles. The first kappa shape index (κ1) is 15.5. The Bertz CT molecular complexity index is 257. The van der Waals surface area contributed by atoms with Gasteiger partial charge in [-0.2, -0.15) is 0 Å². The maximum Gasteiger partial charge on any atom is 0.321 e. The molecule has 0 aromatic carbocycles. The molecule has 1 saturated carbocycles. The molecule has 0 bridgehead atoms. The zero-order valence-electron chi connectivity index (χ0n) is 12.4. The average molecular weight is 255 g/mol. The normalized spacial score (nSPS) is 19.1.